The summed E-state index contributed by atoms with van der Waals surface area (Å²) in [7, 11) is 0. The van der Waals surface area contributed by atoms with Gasteiger partial charge in [0.2, 0.25) is 0 Å². The summed E-state index contributed by atoms with van der Waals surface area (Å²) >= 11 is 0. The summed E-state index contributed by atoms with van der Waals surface area (Å²) in [6.45, 7) is 0.211. The summed E-state index contributed by atoms with van der Waals surface area (Å²) in [5, 5.41) is 5.72. The highest BCUT2D eigenvalue weighted by atomic mass is 19.1. The summed E-state index contributed by atoms with van der Waals surface area (Å²) < 4.78 is 26.4. The lowest BCUT2D eigenvalue weighted by atomic mass is 10.1. The van der Waals surface area contributed by atoms with Crippen molar-refractivity contribution in [1.29, 1.82) is 0 Å². The lowest BCUT2D eigenvalue weighted by Crippen LogP contribution is -2.30. The number of halogens is 1. The number of rotatable bonds is 8. The van der Waals surface area contributed by atoms with Gasteiger partial charge in [-0.3, -0.25) is 14.8 Å². The Bertz CT molecular complexity index is 1440. The van der Waals surface area contributed by atoms with Crippen LogP contribution >= 0.6 is 0 Å². The first-order chi connectivity index (χ1) is 17.5. The molecule has 1 saturated carbocycles. The van der Waals surface area contributed by atoms with Gasteiger partial charge in [0, 0.05) is 42.2 Å². The first kappa shape index (κ1) is 23.0. The third-order valence-corrected chi connectivity index (χ3v) is 5.54. The van der Waals surface area contributed by atoms with Crippen LogP contribution in [0.1, 0.15) is 28.8 Å². The van der Waals surface area contributed by atoms with Crippen LogP contribution in [0, 0.1) is 5.82 Å². The minimum absolute atomic E-state index is 0.0343. The molecular weight excluding hydrogens is 465 g/mol. The average Bonchev–Trinajstić information content (AvgIpc) is 3.68. The first-order valence-electron chi connectivity index (χ1n) is 11.3. The molecule has 2 aromatic heterocycles. The highest BCUT2D eigenvalue weighted by Gasteiger charge is 2.23. The molecule has 1 aliphatic carbocycles. The lowest BCUT2D eigenvalue weighted by Gasteiger charge is -2.14. The van der Waals surface area contributed by atoms with Gasteiger partial charge >= 0.3 is 6.03 Å². The molecule has 4 N–H and O–H groups in total. The van der Waals surface area contributed by atoms with Crippen molar-refractivity contribution in [3.63, 3.8) is 0 Å². The number of primary amides is 1. The molecule has 0 bridgehead atoms. The van der Waals surface area contributed by atoms with Gasteiger partial charge in [-0.25, -0.2) is 9.18 Å². The van der Waals surface area contributed by atoms with Gasteiger partial charge < -0.3 is 25.8 Å². The second-order valence-corrected chi connectivity index (χ2v) is 8.30. The van der Waals surface area contributed by atoms with Crippen molar-refractivity contribution >= 4 is 28.5 Å². The fourth-order valence-corrected chi connectivity index (χ4v) is 3.55. The number of nitrogens with one attached hydrogen (secondary N) is 2. The molecule has 0 atom stereocenters. The Kier molecular flexibility index (Phi) is 6.31. The number of aromatic nitrogens is 2. The summed E-state index contributed by atoms with van der Waals surface area (Å²) in [5.41, 5.74) is 7.17. The normalized spacial score (nSPS) is 12.7. The molecule has 0 unspecified atom stereocenters. The zero-order valence-corrected chi connectivity index (χ0v) is 19.0. The number of fused-ring (bicyclic) bond motifs is 1. The van der Waals surface area contributed by atoms with Crippen molar-refractivity contribution in [3.8, 4) is 17.2 Å². The summed E-state index contributed by atoms with van der Waals surface area (Å²) in [5.74, 6) is -0.507. The molecule has 0 radical (unpaired) electrons. The Morgan fingerprint density at radius 3 is 2.56 bits per heavy atom. The minimum Gasteiger partial charge on any atom is -0.488 e. The number of hydrogen-bond donors (Lipinski definition) is 3. The number of ether oxygens (including phenoxy) is 2. The second kappa shape index (κ2) is 9.87. The van der Waals surface area contributed by atoms with Crippen molar-refractivity contribution < 1.29 is 23.5 Å². The van der Waals surface area contributed by atoms with Crippen LogP contribution in [0.3, 0.4) is 0 Å². The highest BCUT2D eigenvalue weighted by molar-refractivity contribution is 6.01. The van der Waals surface area contributed by atoms with Crippen LogP contribution in [0.5, 0.6) is 17.2 Å². The number of carbonyl (C=O) groups is 2. The summed E-state index contributed by atoms with van der Waals surface area (Å²) in [4.78, 5) is 32.4. The van der Waals surface area contributed by atoms with E-state index in [0.717, 1.165) is 18.4 Å². The maximum absolute atomic E-state index is 14.6. The quantitative estimate of drug-likeness (QED) is 0.335. The van der Waals surface area contributed by atoms with E-state index in [9.17, 15) is 14.0 Å². The van der Waals surface area contributed by atoms with E-state index in [-0.39, 0.29) is 35.4 Å². The van der Waals surface area contributed by atoms with Crippen molar-refractivity contribution in [2.45, 2.75) is 25.5 Å². The predicted octanol–water partition coefficient (Wildman–Crippen LogP) is 4.52. The fraction of sp³-hybridized carbons (Fsp3) is 0.154. The second-order valence-electron chi connectivity index (χ2n) is 8.30. The zero-order valence-electron chi connectivity index (χ0n) is 19.0. The van der Waals surface area contributed by atoms with Gasteiger partial charge in [-0.1, -0.05) is 0 Å². The van der Waals surface area contributed by atoms with Gasteiger partial charge in [-0.2, -0.15) is 0 Å². The number of benzene rings is 2. The van der Waals surface area contributed by atoms with Crippen LogP contribution in [-0.4, -0.2) is 27.9 Å². The molecule has 0 aliphatic heterocycles. The molecule has 36 heavy (non-hydrogen) atoms. The molecular formula is C26H22FN5O4. The molecule has 3 amide bonds. The Hall–Kier alpha value is -4.73. The molecule has 2 heterocycles. The monoisotopic (exact) mass is 487 g/mol. The minimum atomic E-state index is -0.678. The molecule has 0 spiro atoms. The topological polar surface area (TPSA) is 128 Å². The smallest absolute Gasteiger partial charge is 0.319 e. The third-order valence-electron chi connectivity index (χ3n) is 5.54. The van der Waals surface area contributed by atoms with Gasteiger partial charge in [0.1, 0.15) is 29.7 Å². The fourth-order valence-electron chi connectivity index (χ4n) is 3.55. The van der Waals surface area contributed by atoms with Crippen LogP contribution < -0.4 is 25.8 Å². The Balaban J connectivity index is 1.38. The van der Waals surface area contributed by atoms with E-state index in [4.69, 9.17) is 15.2 Å². The van der Waals surface area contributed by atoms with E-state index < -0.39 is 17.8 Å². The maximum atomic E-state index is 14.6. The standard InChI is InChI=1S/C26H22FN5O4/c27-20-11-17(3-4-21(20)32-26(34)31-16-1-2-16)36-23-7-10-30-22-13-24(19(25(28)33)12-18(22)23)35-14-15-5-8-29-9-6-15/h3-13,16H,1-2,14H2,(H2,28,33)(H2,31,32,34). The molecule has 9 nitrogen and oxygen atoms in total. The van der Waals surface area contributed by atoms with Crippen molar-refractivity contribution in [2.75, 3.05) is 5.32 Å². The largest absolute Gasteiger partial charge is 0.488 e. The molecule has 5 rings (SSSR count). The van der Waals surface area contributed by atoms with E-state index in [2.05, 4.69) is 20.6 Å². The maximum Gasteiger partial charge on any atom is 0.319 e. The van der Waals surface area contributed by atoms with E-state index in [1.807, 2.05) is 0 Å². The Morgan fingerprint density at radius 1 is 1.03 bits per heavy atom. The van der Waals surface area contributed by atoms with Crippen LogP contribution in [0.15, 0.2) is 67.1 Å². The SMILES string of the molecule is NC(=O)c1cc2c(Oc3ccc(NC(=O)NC4CC4)c(F)c3)ccnc2cc1OCc1ccncc1. The summed E-state index contributed by atoms with van der Waals surface area (Å²) in [6.07, 6.45) is 6.68. The average molecular weight is 487 g/mol. The van der Waals surface area contributed by atoms with E-state index >= 15 is 0 Å². The Morgan fingerprint density at radius 2 is 1.83 bits per heavy atom. The molecule has 2 aromatic carbocycles. The molecule has 4 aromatic rings. The highest BCUT2D eigenvalue weighted by Crippen LogP contribution is 2.34. The van der Waals surface area contributed by atoms with Gasteiger partial charge in [-0.15, -0.1) is 0 Å². The first-order valence-corrected chi connectivity index (χ1v) is 11.3. The number of nitrogens with two attached hydrogens (primary N) is 1. The molecule has 0 saturated heterocycles. The van der Waals surface area contributed by atoms with Crippen LogP contribution in [0.4, 0.5) is 14.9 Å². The number of anilines is 1. The van der Waals surface area contributed by atoms with Crippen molar-refractivity contribution in [1.82, 2.24) is 15.3 Å². The van der Waals surface area contributed by atoms with Gasteiger partial charge in [0.05, 0.1) is 16.8 Å². The molecule has 1 aliphatic rings. The summed E-state index contributed by atoms with van der Waals surface area (Å²) in [6, 6.07) is 12.2. The van der Waals surface area contributed by atoms with Crippen molar-refractivity contribution in [3.05, 3.63) is 84.1 Å². The number of hydrogen-bond acceptors (Lipinski definition) is 6. The number of pyridine rings is 2. The lowest BCUT2D eigenvalue weighted by molar-refractivity contribution is 0.0996. The number of nitrogens with zero attached hydrogens (tertiary/aromatic N) is 2. The molecule has 1 fully saturated rings. The Labute approximate surface area is 205 Å². The number of carbonyl (C=O) groups excluding carboxylic acids is 2. The van der Waals surface area contributed by atoms with Gasteiger partial charge in [-0.05, 0) is 54.8 Å². The third kappa shape index (κ3) is 5.33. The zero-order chi connectivity index (χ0) is 25.1. The van der Waals surface area contributed by atoms with Crippen LogP contribution in [-0.2, 0) is 6.61 Å². The number of urea groups is 1. The molecule has 182 valence electrons. The van der Waals surface area contributed by atoms with Crippen LogP contribution in [0.2, 0.25) is 0 Å². The van der Waals surface area contributed by atoms with E-state index in [1.54, 1.807) is 36.7 Å². The van der Waals surface area contributed by atoms with Gasteiger partial charge in [0.25, 0.3) is 5.91 Å². The van der Waals surface area contributed by atoms with Crippen molar-refractivity contribution in [2.24, 2.45) is 5.73 Å². The number of amides is 3. The van der Waals surface area contributed by atoms with Gasteiger partial charge in [0.15, 0.2) is 0 Å². The molecule has 10 heteroatoms. The van der Waals surface area contributed by atoms with Crippen LogP contribution in [0.25, 0.3) is 10.9 Å². The van der Waals surface area contributed by atoms with E-state index in [1.165, 1.54) is 30.5 Å². The van der Waals surface area contributed by atoms with E-state index in [0.29, 0.717) is 16.7 Å². The predicted molar refractivity (Wildman–Crippen MR) is 130 cm³/mol.